The highest BCUT2D eigenvalue weighted by atomic mass is 35.5. The van der Waals surface area contributed by atoms with Gasteiger partial charge < -0.3 is 10.4 Å². The molecule has 2 rings (SSSR count). The summed E-state index contributed by atoms with van der Waals surface area (Å²) in [4.78, 5) is 0. The Labute approximate surface area is 114 Å². The predicted molar refractivity (Wildman–Crippen MR) is 71.9 cm³/mol. The lowest BCUT2D eigenvalue weighted by molar-refractivity contribution is 0.468. The Bertz CT molecular complexity index is 555. The van der Waals surface area contributed by atoms with Crippen LogP contribution in [0.15, 0.2) is 36.4 Å². The minimum absolute atomic E-state index is 0.0964. The smallest absolute Gasteiger partial charge is 0.127 e. The molecular formula is C13H10Cl2FNO. The lowest BCUT2D eigenvalue weighted by Gasteiger charge is -2.08. The molecule has 18 heavy (non-hydrogen) atoms. The van der Waals surface area contributed by atoms with Crippen molar-refractivity contribution in [2.24, 2.45) is 0 Å². The first kappa shape index (κ1) is 13.0. The molecule has 0 aliphatic rings. The van der Waals surface area contributed by atoms with Crippen LogP contribution in [0.5, 0.6) is 5.75 Å². The van der Waals surface area contributed by atoms with Crippen LogP contribution in [0, 0.1) is 5.82 Å². The van der Waals surface area contributed by atoms with Crippen LogP contribution in [0.25, 0.3) is 0 Å². The number of hydrogen-bond acceptors (Lipinski definition) is 2. The van der Waals surface area contributed by atoms with E-state index in [4.69, 9.17) is 23.2 Å². The topological polar surface area (TPSA) is 32.3 Å². The van der Waals surface area contributed by atoms with Crippen molar-refractivity contribution in [2.45, 2.75) is 6.54 Å². The summed E-state index contributed by atoms with van der Waals surface area (Å²) in [7, 11) is 0. The number of rotatable bonds is 3. The maximum atomic E-state index is 13.0. The van der Waals surface area contributed by atoms with E-state index in [1.807, 2.05) is 0 Å². The molecule has 94 valence electrons. The Hall–Kier alpha value is -1.45. The van der Waals surface area contributed by atoms with E-state index < -0.39 is 5.82 Å². The van der Waals surface area contributed by atoms with Gasteiger partial charge in [0.15, 0.2) is 0 Å². The fourth-order valence-corrected chi connectivity index (χ4v) is 1.84. The third kappa shape index (κ3) is 3.28. The normalized spacial score (nSPS) is 10.4. The zero-order valence-electron chi connectivity index (χ0n) is 9.25. The number of aromatic hydroxyl groups is 1. The molecule has 0 saturated heterocycles. The van der Waals surface area contributed by atoms with Crippen molar-refractivity contribution >= 4 is 28.9 Å². The molecule has 0 amide bonds. The van der Waals surface area contributed by atoms with E-state index >= 15 is 0 Å². The molecule has 0 fully saturated rings. The van der Waals surface area contributed by atoms with Crippen molar-refractivity contribution in [1.29, 1.82) is 0 Å². The van der Waals surface area contributed by atoms with E-state index in [-0.39, 0.29) is 5.75 Å². The van der Waals surface area contributed by atoms with Crippen LogP contribution >= 0.6 is 23.2 Å². The van der Waals surface area contributed by atoms with Gasteiger partial charge in [-0.1, -0.05) is 23.2 Å². The summed E-state index contributed by atoms with van der Waals surface area (Å²) in [6, 6.07) is 9.03. The van der Waals surface area contributed by atoms with Crippen molar-refractivity contribution in [3.05, 3.63) is 57.8 Å². The predicted octanol–water partition coefficient (Wildman–Crippen LogP) is 4.45. The van der Waals surface area contributed by atoms with Gasteiger partial charge in [-0.3, -0.25) is 0 Å². The van der Waals surface area contributed by atoms with E-state index in [0.717, 1.165) is 11.8 Å². The molecule has 0 aliphatic heterocycles. The number of phenolic OH excluding ortho intramolecular Hbond substituents is 1. The molecule has 0 saturated carbocycles. The molecular weight excluding hydrogens is 276 g/mol. The van der Waals surface area contributed by atoms with Crippen molar-refractivity contribution in [2.75, 3.05) is 5.32 Å². The number of nitrogens with one attached hydrogen (secondary N) is 1. The second-order valence-corrected chi connectivity index (χ2v) is 4.61. The number of halogens is 3. The van der Waals surface area contributed by atoms with Crippen LogP contribution in [0.2, 0.25) is 10.0 Å². The van der Waals surface area contributed by atoms with E-state index in [2.05, 4.69) is 5.32 Å². The number of benzene rings is 2. The first-order valence-electron chi connectivity index (χ1n) is 5.22. The first-order chi connectivity index (χ1) is 8.54. The molecule has 0 radical (unpaired) electrons. The lowest BCUT2D eigenvalue weighted by Crippen LogP contribution is -1.99. The maximum absolute atomic E-state index is 13.0. The first-order valence-corrected chi connectivity index (χ1v) is 5.97. The molecule has 2 aromatic carbocycles. The average molecular weight is 286 g/mol. The van der Waals surface area contributed by atoms with Gasteiger partial charge in [0.05, 0.1) is 10.0 Å². The molecule has 0 aromatic heterocycles. The molecule has 0 bridgehead atoms. The third-order valence-corrected chi connectivity index (χ3v) is 3.10. The minimum atomic E-state index is -0.471. The van der Waals surface area contributed by atoms with Crippen LogP contribution in [-0.4, -0.2) is 5.11 Å². The van der Waals surface area contributed by atoms with Gasteiger partial charge in [-0.15, -0.1) is 0 Å². The van der Waals surface area contributed by atoms with E-state index in [9.17, 15) is 9.50 Å². The van der Waals surface area contributed by atoms with E-state index in [0.29, 0.717) is 22.2 Å². The number of hydrogen-bond donors (Lipinski definition) is 2. The van der Waals surface area contributed by atoms with Crippen LogP contribution < -0.4 is 5.32 Å². The van der Waals surface area contributed by atoms with E-state index in [1.54, 1.807) is 18.2 Å². The SMILES string of the molecule is Oc1cc(F)cc(CNc2ccc(Cl)c(Cl)c2)c1. The van der Waals surface area contributed by atoms with Gasteiger partial charge in [-0.05, 0) is 35.9 Å². The molecule has 0 spiro atoms. The average Bonchev–Trinajstić information content (AvgIpc) is 2.29. The Balaban J connectivity index is 2.08. The molecule has 0 aliphatic carbocycles. The van der Waals surface area contributed by atoms with Gasteiger partial charge in [0, 0.05) is 18.3 Å². The Morgan fingerprint density at radius 3 is 2.50 bits per heavy atom. The van der Waals surface area contributed by atoms with Gasteiger partial charge >= 0.3 is 0 Å². The molecule has 0 atom stereocenters. The van der Waals surface area contributed by atoms with Crippen LogP contribution in [-0.2, 0) is 6.54 Å². The van der Waals surface area contributed by atoms with E-state index in [1.165, 1.54) is 12.1 Å². The maximum Gasteiger partial charge on any atom is 0.127 e. The molecule has 0 unspecified atom stereocenters. The van der Waals surface area contributed by atoms with Crippen LogP contribution in [0.1, 0.15) is 5.56 Å². The minimum Gasteiger partial charge on any atom is -0.508 e. The second-order valence-electron chi connectivity index (χ2n) is 3.80. The Morgan fingerprint density at radius 1 is 1.06 bits per heavy atom. The van der Waals surface area contributed by atoms with Crippen LogP contribution in [0.3, 0.4) is 0 Å². The highest BCUT2D eigenvalue weighted by Crippen LogP contribution is 2.25. The number of anilines is 1. The second kappa shape index (κ2) is 5.46. The molecule has 2 aromatic rings. The summed E-state index contributed by atoms with van der Waals surface area (Å²) in [5.74, 6) is -0.568. The zero-order valence-corrected chi connectivity index (χ0v) is 10.8. The van der Waals surface area contributed by atoms with Crippen molar-refractivity contribution in [3.63, 3.8) is 0 Å². The van der Waals surface area contributed by atoms with Gasteiger partial charge in [0.2, 0.25) is 0 Å². The van der Waals surface area contributed by atoms with Gasteiger partial charge in [-0.25, -0.2) is 4.39 Å². The zero-order chi connectivity index (χ0) is 13.1. The van der Waals surface area contributed by atoms with Crippen molar-refractivity contribution in [3.8, 4) is 5.75 Å². The number of phenols is 1. The summed E-state index contributed by atoms with van der Waals surface area (Å²) in [6.45, 7) is 0.378. The monoisotopic (exact) mass is 285 g/mol. The third-order valence-electron chi connectivity index (χ3n) is 2.36. The Kier molecular flexibility index (Phi) is 3.94. The fourth-order valence-electron chi connectivity index (χ4n) is 1.55. The van der Waals surface area contributed by atoms with Crippen molar-refractivity contribution in [1.82, 2.24) is 0 Å². The van der Waals surface area contributed by atoms with Gasteiger partial charge in [0.25, 0.3) is 0 Å². The lowest BCUT2D eigenvalue weighted by atomic mass is 10.2. The summed E-state index contributed by atoms with van der Waals surface area (Å²) in [6.07, 6.45) is 0. The fraction of sp³-hybridized carbons (Fsp3) is 0.0769. The highest BCUT2D eigenvalue weighted by molar-refractivity contribution is 6.42. The summed E-state index contributed by atoms with van der Waals surface area (Å²) >= 11 is 11.7. The van der Waals surface area contributed by atoms with Crippen LogP contribution in [0.4, 0.5) is 10.1 Å². The quantitative estimate of drug-likeness (QED) is 0.873. The molecule has 2 N–H and O–H groups in total. The highest BCUT2D eigenvalue weighted by Gasteiger charge is 2.02. The Morgan fingerprint density at radius 2 is 1.83 bits per heavy atom. The summed E-state index contributed by atoms with van der Waals surface area (Å²) in [5, 5.41) is 13.3. The standard InChI is InChI=1S/C13H10Cl2FNO/c14-12-2-1-10(6-13(12)15)17-7-8-3-9(16)5-11(18)4-8/h1-6,17-18H,7H2. The molecule has 5 heteroatoms. The van der Waals surface area contributed by atoms with Crippen molar-refractivity contribution < 1.29 is 9.50 Å². The summed E-state index contributed by atoms with van der Waals surface area (Å²) in [5.41, 5.74) is 1.41. The van der Waals surface area contributed by atoms with Gasteiger partial charge in [0.1, 0.15) is 11.6 Å². The largest absolute Gasteiger partial charge is 0.508 e. The summed E-state index contributed by atoms with van der Waals surface area (Å²) < 4.78 is 13.0. The molecule has 0 heterocycles. The molecule has 2 nitrogen and oxygen atoms in total. The van der Waals surface area contributed by atoms with Gasteiger partial charge in [-0.2, -0.15) is 0 Å².